The van der Waals surface area contributed by atoms with E-state index < -0.39 is 12.0 Å². The Morgan fingerprint density at radius 3 is 2.20 bits per heavy atom. The molecule has 5 rings (SSSR count). The first-order valence-electron chi connectivity index (χ1n) is 12.1. The first kappa shape index (κ1) is 23.0. The number of rotatable bonds is 5. The number of hydrogen-bond donors (Lipinski definition) is 1. The molecule has 1 N–H and O–H groups in total. The number of aliphatic carboxylic acids is 1. The highest BCUT2D eigenvalue weighted by atomic mass is 16.4. The Balaban J connectivity index is 1.48. The van der Waals surface area contributed by atoms with Crippen molar-refractivity contribution in [1.29, 1.82) is 0 Å². The van der Waals surface area contributed by atoms with Crippen LogP contribution < -0.4 is 0 Å². The van der Waals surface area contributed by atoms with Crippen LogP contribution in [0.2, 0.25) is 0 Å². The molecule has 0 spiro atoms. The van der Waals surface area contributed by atoms with Crippen molar-refractivity contribution in [1.82, 2.24) is 0 Å². The third-order valence-electron chi connectivity index (χ3n) is 7.13. The van der Waals surface area contributed by atoms with Gasteiger partial charge in [-0.25, -0.2) is 4.79 Å². The Morgan fingerprint density at radius 2 is 1.51 bits per heavy atom. The largest absolute Gasteiger partial charge is 0.480 e. The molecule has 2 aliphatic carbocycles. The van der Waals surface area contributed by atoms with E-state index in [1.165, 1.54) is 0 Å². The third kappa shape index (κ3) is 4.61. The summed E-state index contributed by atoms with van der Waals surface area (Å²) in [5.41, 5.74) is 7.15. The second kappa shape index (κ2) is 9.10. The molecule has 1 atom stereocenters. The number of carboxylic acids is 1. The van der Waals surface area contributed by atoms with Crippen molar-refractivity contribution in [3.05, 3.63) is 101 Å². The van der Waals surface area contributed by atoms with Gasteiger partial charge in [-0.2, -0.15) is 0 Å². The van der Waals surface area contributed by atoms with Crippen LogP contribution in [0, 0.1) is 5.41 Å². The summed E-state index contributed by atoms with van der Waals surface area (Å²) >= 11 is 0. The maximum absolute atomic E-state index is 13.6. The topological polar surface area (TPSA) is 66.7 Å². The molecule has 35 heavy (non-hydrogen) atoms. The molecule has 176 valence electrons. The predicted octanol–water partition coefficient (Wildman–Crippen LogP) is 6.39. The maximum atomic E-state index is 13.6. The SMILES string of the molecule is CC1(C)CCC2=C(C1)c1ccccc1C(=N[C@@H](Cc1ccc(-c3ccccc3)cc1)C(=O)O)C2=O. The van der Waals surface area contributed by atoms with Gasteiger partial charge in [0.1, 0.15) is 5.71 Å². The Hall–Kier alpha value is -3.79. The fourth-order valence-electron chi connectivity index (χ4n) is 5.17. The molecule has 4 heteroatoms. The van der Waals surface area contributed by atoms with Gasteiger partial charge in [0.05, 0.1) is 0 Å². The second-order valence-corrected chi connectivity index (χ2v) is 10.3. The van der Waals surface area contributed by atoms with Gasteiger partial charge in [0.15, 0.2) is 6.04 Å². The Morgan fingerprint density at radius 1 is 0.886 bits per heavy atom. The number of aliphatic imine (C=N–C) groups is 1. The molecule has 4 nitrogen and oxygen atoms in total. The van der Waals surface area contributed by atoms with Gasteiger partial charge >= 0.3 is 5.97 Å². The van der Waals surface area contributed by atoms with E-state index in [1.807, 2.05) is 78.9 Å². The smallest absolute Gasteiger partial charge is 0.328 e. The summed E-state index contributed by atoms with van der Waals surface area (Å²) in [5.74, 6) is -1.14. The number of nitrogens with zero attached hydrogens (tertiary/aromatic N) is 1. The number of carbonyl (C=O) groups is 2. The minimum Gasteiger partial charge on any atom is -0.480 e. The fraction of sp³-hybridized carbons (Fsp3) is 0.258. The van der Waals surface area contributed by atoms with E-state index in [4.69, 9.17) is 0 Å². The zero-order valence-corrected chi connectivity index (χ0v) is 20.1. The lowest BCUT2D eigenvalue weighted by Crippen LogP contribution is -2.32. The van der Waals surface area contributed by atoms with Crippen molar-refractivity contribution in [2.45, 2.75) is 45.6 Å². The van der Waals surface area contributed by atoms with Crippen molar-refractivity contribution in [3.63, 3.8) is 0 Å². The quantitative estimate of drug-likeness (QED) is 0.477. The Labute approximate surface area is 206 Å². The molecule has 0 aromatic heterocycles. The van der Waals surface area contributed by atoms with Gasteiger partial charge < -0.3 is 5.11 Å². The normalized spacial score (nSPS) is 18.7. The summed E-state index contributed by atoms with van der Waals surface area (Å²) in [6.45, 7) is 4.47. The van der Waals surface area contributed by atoms with Gasteiger partial charge in [-0.1, -0.05) is 92.7 Å². The third-order valence-corrected chi connectivity index (χ3v) is 7.13. The van der Waals surface area contributed by atoms with Crippen LogP contribution in [0.1, 0.15) is 49.8 Å². The summed E-state index contributed by atoms with van der Waals surface area (Å²) in [5, 5.41) is 10.0. The van der Waals surface area contributed by atoms with Gasteiger partial charge in [-0.3, -0.25) is 9.79 Å². The number of Topliss-reactive ketones (excluding diaryl/α,β-unsaturated/α-hetero) is 1. The van der Waals surface area contributed by atoms with E-state index in [0.29, 0.717) is 6.42 Å². The Kier molecular flexibility index (Phi) is 5.98. The van der Waals surface area contributed by atoms with Crippen LogP contribution >= 0.6 is 0 Å². The first-order valence-corrected chi connectivity index (χ1v) is 12.1. The van der Waals surface area contributed by atoms with Crippen molar-refractivity contribution in [2.24, 2.45) is 10.4 Å². The minimum absolute atomic E-state index is 0.111. The summed E-state index contributed by atoms with van der Waals surface area (Å²) in [6, 6.07) is 24.7. The number of carboxylic acid groups (broad SMARTS) is 1. The summed E-state index contributed by atoms with van der Waals surface area (Å²) in [4.78, 5) is 30.4. The van der Waals surface area contributed by atoms with E-state index >= 15 is 0 Å². The first-order chi connectivity index (χ1) is 16.8. The Bertz CT molecular complexity index is 1350. The number of allylic oxidation sites excluding steroid dienone is 2. The van der Waals surface area contributed by atoms with Crippen molar-refractivity contribution < 1.29 is 14.7 Å². The van der Waals surface area contributed by atoms with E-state index in [2.05, 4.69) is 18.8 Å². The molecule has 3 aromatic rings. The number of fused-ring (bicyclic) bond motifs is 2. The molecular formula is C31H29NO3. The number of benzene rings is 3. The average molecular weight is 464 g/mol. The lowest BCUT2D eigenvalue weighted by atomic mass is 9.68. The van der Waals surface area contributed by atoms with E-state index in [9.17, 15) is 14.7 Å². The highest BCUT2D eigenvalue weighted by Crippen LogP contribution is 2.46. The zero-order valence-electron chi connectivity index (χ0n) is 20.1. The monoisotopic (exact) mass is 463 g/mol. The van der Waals surface area contributed by atoms with Gasteiger partial charge in [0, 0.05) is 17.6 Å². The van der Waals surface area contributed by atoms with Crippen LogP contribution in [0.25, 0.3) is 16.7 Å². The van der Waals surface area contributed by atoms with Crippen LogP contribution in [0.4, 0.5) is 0 Å². The van der Waals surface area contributed by atoms with E-state index in [1.54, 1.807) is 0 Å². The van der Waals surface area contributed by atoms with Gasteiger partial charge in [-0.15, -0.1) is 0 Å². The van der Waals surface area contributed by atoms with Crippen LogP contribution in [-0.4, -0.2) is 28.6 Å². The molecule has 0 fully saturated rings. The van der Waals surface area contributed by atoms with Gasteiger partial charge in [0.25, 0.3) is 0 Å². The minimum atomic E-state index is -1.04. The molecule has 0 saturated heterocycles. The number of ketones is 1. The zero-order chi connectivity index (χ0) is 24.6. The molecule has 0 aliphatic heterocycles. The number of hydrogen-bond acceptors (Lipinski definition) is 3. The predicted molar refractivity (Wildman–Crippen MR) is 140 cm³/mol. The average Bonchev–Trinajstić information content (AvgIpc) is 2.86. The highest BCUT2D eigenvalue weighted by Gasteiger charge is 2.37. The molecule has 2 aliphatic rings. The molecule has 0 radical (unpaired) electrons. The van der Waals surface area contributed by atoms with Gasteiger partial charge in [-0.05, 0) is 52.5 Å². The van der Waals surface area contributed by atoms with Crippen molar-refractivity contribution in [2.75, 3.05) is 0 Å². The van der Waals surface area contributed by atoms with Crippen LogP contribution in [0.15, 0.2) is 89.4 Å². The fourth-order valence-corrected chi connectivity index (χ4v) is 5.17. The molecule has 0 saturated carbocycles. The number of carbonyl (C=O) groups excluding carboxylic acids is 1. The second-order valence-electron chi connectivity index (χ2n) is 10.3. The molecular weight excluding hydrogens is 434 g/mol. The van der Waals surface area contributed by atoms with Crippen LogP contribution in [-0.2, 0) is 16.0 Å². The summed E-state index contributed by atoms with van der Waals surface area (Å²) in [7, 11) is 0. The lowest BCUT2D eigenvalue weighted by Gasteiger charge is -2.36. The molecule has 0 unspecified atom stereocenters. The molecule has 0 amide bonds. The highest BCUT2D eigenvalue weighted by molar-refractivity contribution is 6.54. The van der Waals surface area contributed by atoms with Crippen molar-refractivity contribution >= 4 is 23.0 Å². The van der Waals surface area contributed by atoms with Gasteiger partial charge in [0.2, 0.25) is 5.78 Å². The summed E-state index contributed by atoms with van der Waals surface area (Å²) < 4.78 is 0. The molecule has 0 bridgehead atoms. The van der Waals surface area contributed by atoms with Crippen LogP contribution in [0.3, 0.4) is 0 Å². The lowest BCUT2D eigenvalue weighted by molar-refractivity contribution is -0.138. The summed E-state index contributed by atoms with van der Waals surface area (Å²) in [6.07, 6.45) is 2.70. The standard InChI is InChI=1S/C31H29NO3/c1-31(2)17-16-25-26(19-31)23-10-6-7-11-24(23)28(29(25)33)32-27(30(34)35)18-20-12-14-22(15-13-20)21-8-4-3-5-9-21/h3-15,27H,16-19H2,1-2H3,(H,34,35)/t27-/m0/s1. The van der Waals surface area contributed by atoms with Crippen LogP contribution in [0.5, 0.6) is 0 Å². The molecule has 0 heterocycles. The van der Waals surface area contributed by atoms with E-state index in [0.717, 1.165) is 51.8 Å². The maximum Gasteiger partial charge on any atom is 0.328 e. The molecule has 3 aromatic carbocycles. The van der Waals surface area contributed by atoms with Crippen molar-refractivity contribution in [3.8, 4) is 11.1 Å². The van der Waals surface area contributed by atoms with E-state index in [-0.39, 0.29) is 23.3 Å².